The van der Waals surface area contributed by atoms with Crippen LogP contribution in [0.4, 0.5) is 16.3 Å². The minimum Gasteiger partial charge on any atom is -0.337 e. The summed E-state index contributed by atoms with van der Waals surface area (Å²) in [4.78, 5) is 32.7. The zero-order chi connectivity index (χ0) is 22.5. The van der Waals surface area contributed by atoms with Crippen molar-refractivity contribution in [3.63, 3.8) is 0 Å². The van der Waals surface area contributed by atoms with Crippen LogP contribution < -0.4 is 21.4 Å². The maximum atomic E-state index is 12.2. The van der Waals surface area contributed by atoms with E-state index in [1.807, 2.05) is 19.1 Å². The summed E-state index contributed by atoms with van der Waals surface area (Å²) in [7, 11) is 5.80. The van der Waals surface area contributed by atoms with Gasteiger partial charge in [-0.15, -0.1) is 0 Å². The number of amides is 3. The van der Waals surface area contributed by atoms with E-state index in [0.29, 0.717) is 17.0 Å². The zero-order valence-corrected chi connectivity index (χ0v) is 17.3. The van der Waals surface area contributed by atoms with Crippen molar-refractivity contribution < 1.29 is 9.59 Å². The first-order valence-corrected chi connectivity index (χ1v) is 9.96. The third-order valence-electron chi connectivity index (χ3n) is 4.73. The standard InChI is InChI=1S/C22H20BN7O2/c1-13-10-14(6-8-24-13)21-15-12-26-19(11-18(15)29-30-21)28-22(32)25-9-7-20(31)27-17-5-3-2-4-16(17)23/h2-6,8,10-12H,7,9H2,1H3,(H,27,31)(H,29,30)(H2,25,26,28,32). The average molecular weight is 425 g/mol. The molecule has 9 nitrogen and oxygen atoms in total. The molecule has 0 saturated carbocycles. The van der Waals surface area contributed by atoms with E-state index in [1.54, 1.807) is 42.7 Å². The van der Waals surface area contributed by atoms with Crippen molar-refractivity contribution in [2.24, 2.45) is 0 Å². The van der Waals surface area contributed by atoms with Gasteiger partial charge in [-0.2, -0.15) is 5.10 Å². The van der Waals surface area contributed by atoms with Crippen LogP contribution in [0.1, 0.15) is 12.1 Å². The lowest BCUT2D eigenvalue weighted by molar-refractivity contribution is -0.116. The van der Waals surface area contributed by atoms with E-state index in [-0.39, 0.29) is 18.9 Å². The number of aryl methyl sites for hydroxylation is 1. The molecular formula is C22H20BN7O2. The number of hydrogen-bond donors (Lipinski definition) is 4. The van der Waals surface area contributed by atoms with Crippen LogP contribution in [0.25, 0.3) is 22.2 Å². The summed E-state index contributed by atoms with van der Waals surface area (Å²) < 4.78 is 0. The van der Waals surface area contributed by atoms with E-state index >= 15 is 0 Å². The minimum atomic E-state index is -0.464. The predicted octanol–water partition coefficient (Wildman–Crippen LogP) is 2.27. The number of H-pyrrole nitrogens is 1. The molecule has 0 saturated heterocycles. The summed E-state index contributed by atoms with van der Waals surface area (Å²) in [5, 5.41) is 16.2. The molecule has 10 heteroatoms. The first-order valence-electron chi connectivity index (χ1n) is 9.96. The van der Waals surface area contributed by atoms with Crippen LogP contribution in [0.2, 0.25) is 0 Å². The van der Waals surface area contributed by atoms with Crippen molar-refractivity contribution in [3.05, 3.63) is 60.6 Å². The van der Waals surface area contributed by atoms with E-state index < -0.39 is 6.03 Å². The second-order valence-corrected chi connectivity index (χ2v) is 7.14. The average Bonchev–Trinajstić information content (AvgIpc) is 3.18. The minimum absolute atomic E-state index is 0.101. The van der Waals surface area contributed by atoms with Gasteiger partial charge in [0.2, 0.25) is 5.91 Å². The molecule has 4 rings (SSSR count). The summed E-state index contributed by atoms with van der Waals surface area (Å²) in [5.41, 5.74) is 4.34. The molecular weight excluding hydrogens is 405 g/mol. The Hall–Kier alpha value is -4.21. The molecule has 0 aliphatic carbocycles. The summed E-state index contributed by atoms with van der Waals surface area (Å²) >= 11 is 0. The maximum Gasteiger partial charge on any atom is 0.320 e. The Labute approximate surface area is 185 Å². The summed E-state index contributed by atoms with van der Waals surface area (Å²) in [6.07, 6.45) is 3.48. The van der Waals surface area contributed by atoms with Crippen molar-refractivity contribution in [3.8, 4) is 11.3 Å². The van der Waals surface area contributed by atoms with Crippen LogP contribution in [0, 0.1) is 6.92 Å². The van der Waals surface area contributed by atoms with Crippen molar-refractivity contribution >= 4 is 47.7 Å². The predicted molar refractivity (Wildman–Crippen MR) is 124 cm³/mol. The Morgan fingerprint density at radius 1 is 1.09 bits per heavy atom. The van der Waals surface area contributed by atoms with E-state index in [4.69, 9.17) is 7.85 Å². The number of pyridine rings is 2. The van der Waals surface area contributed by atoms with Gasteiger partial charge in [0.15, 0.2) is 0 Å². The van der Waals surface area contributed by atoms with Gasteiger partial charge in [0.1, 0.15) is 19.4 Å². The monoisotopic (exact) mass is 425 g/mol. The number of aromatic nitrogens is 4. The molecule has 0 bridgehead atoms. The molecule has 0 atom stereocenters. The molecule has 3 amide bonds. The summed E-state index contributed by atoms with van der Waals surface area (Å²) in [6, 6.07) is 12.0. The number of nitrogens with zero attached hydrogens (tertiary/aromatic N) is 3. The van der Waals surface area contributed by atoms with Crippen LogP contribution in [0.15, 0.2) is 54.9 Å². The van der Waals surface area contributed by atoms with Crippen LogP contribution in [0.5, 0.6) is 0 Å². The number of carbonyl (C=O) groups is 2. The van der Waals surface area contributed by atoms with Crippen molar-refractivity contribution in [1.82, 2.24) is 25.5 Å². The molecule has 0 spiro atoms. The Kier molecular flexibility index (Phi) is 6.11. The van der Waals surface area contributed by atoms with Gasteiger partial charge in [0.05, 0.1) is 5.52 Å². The number of benzene rings is 1. The summed E-state index contributed by atoms with van der Waals surface area (Å²) in [6.45, 7) is 2.07. The first kappa shape index (κ1) is 21.0. The van der Waals surface area contributed by atoms with Gasteiger partial charge in [-0.3, -0.25) is 20.2 Å². The third kappa shape index (κ3) is 4.92. The SMILES string of the molecule is [B]c1ccccc1NC(=O)CCNC(=O)Nc1cc2[nH]nc(-c3ccnc(C)c3)c2cn1. The quantitative estimate of drug-likeness (QED) is 0.353. The molecule has 3 aromatic heterocycles. The molecule has 0 aliphatic heterocycles. The highest BCUT2D eigenvalue weighted by Gasteiger charge is 2.11. The third-order valence-corrected chi connectivity index (χ3v) is 4.73. The number of hydrogen-bond acceptors (Lipinski definition) is 5. The molecule has 0 unspecified atom stereocenters. The highest BCUT2D eigenvalue weighted by atomic mass is 16.2. The van der Waals surface area contributed by atoms with Crippen molar-refractivity contribution in [2.75, 3.05) is 17.2 Å². The van der Waals surface area contributed by atoms with Crippen LogP contribution in [-0.4, -0.2) is 46.5 Å². The lowest BCUT2D eigenvalue weighted by Crippen LogP contribution is -2.32. The molecule has 1 aromatic carbocycles. The molecule has 32 heavy (non-hydrogen) atoms. The second kappa shape index (κ2) is 9.30. The number of urea groups is 1. The van der Waals surface area contributed by atoms with Gasteiger partial charge in [-0.1, -0.05) is 23.7 Å². The maximum absolute atomic E-state index is 12.2. The van der Waals surface area contributed by atoms with Gasteiger partial charge in [0.25, 0.3) is 0 Å². The number of fused-ring (bicyclic) bond motifs is 1. The Balaban J connectivity index is 1.32. The Morgan fingerprint density at radius 2 is 1.94 bits per heavy atom. The number of para-hydroxylation sites is 1. The number of nitrogens with one attached hydrogen (secondary N) is 4. The Bertz CT molecular complexity index is 1290. The zero-order valence-electron chi connectivity index (χ0n) is 17.3. The van der Waals surface area contributed by atoms with Crippen LogP contribution >= 0.6 is 0 Å². The van der Waals surface area contributed by atoms with Crippen molar-refractivity contribution in [2.45, 2.75) is 13.3 Å². The highest BCUT2D eigenvalue weighted by Crippen LogP contribution is 2.26. The van der Waals surface area contributed by atoms with Crippen LogP contribution in [0.3, 0.4) is 0 Å². The second-order valence-electron chi connectivity index (χ2n) is 7.14. The van der Waals surface area contributed by atoms with E-state index in [1.165, 1.54) is 0 Å². The molecule has 4 N–H and O–H groups in total. The fraction of sp³-hybridized carbons (Fsp3) is 0.136. The van der Waals surface area contributed by atoms with Gasteiger partial charge in [-0.25, -0.2) is 9.78 Å². The lowest BCUT2D eigenvalue weighted by Gasteiger charge is -2.09. The smallest absolute Gasteiger partial charge is 0.320 e. The molecule has 4 aromatic rings. The van der Waals surface area contributed by atoms with Gasteiger partial charge in [0, 0.05) is 53.8 Å². The summed E-state index contributed by atoms with van der Waals surface area (Å²) in [5.74, 6) is 0.108. The van der Waals surface area contributed by atoms with E-state index in [0.717, 1.165) is 27.9 Å². The fourth-order valence-electron chi connectivity index (χ4n) is 3.17. The van der Waals surface area contributed by atoms with E-state index in [9.17, 15) is 9.59 Å². The largest absolute Gasteiger partial charge is 0.337 e. The number of carbonyl (C=O) groups excluding carboxylic acids is 2. The fourth-order valence-corrected chi connectivity index (χ4v) is 3.17. The molecule has 2 radical (unpaired) electrons. The highest BCUT2D eigenvalue weighted by molar-refractivity contribution is 6.36. The normalized spacial score (nSPS) is 10.7. The van der Waals surface area contributed by atoms with Gasteiger partial charge in [-0.05, 0) is 25.1 Å². The number of aromatic amines is 1. The van der Waals surface area contributed by atoms with Crippen molar-refractivity contribution in [1.29, 1.82) is 0 Å². The van der Waals surface area contributed by atoms with E-state index in [2.05, 4.69) is 36.1 Å². The number of rotatable bonds is 6. The molecule has 3 heterocycles. The van der Waals surface area contributed by atoms with Gasteiger partial charge < -0.3 is 10.6 Å². The first-order chi connectivity index (χ1) is 15.5. The molecule has 0 aliphatic rings. The topological polar surface area (TPSA) is 125 Å². The lowest BCUT2D eigenvalue weighted by atomic mass is 9.94. The molecule has 158 valence electrons. The number of anilines is 2. The molecule has 0 fully saturated rings. The van der Waals surface area contributed by atoms with Crippen LogP contribution in [-0.2, 0) is 4.79 Å². The Morgan fingerprint density at radius 3 is 2.75 bits per heavy atom. The van der Waals surface area contributed by atoms with Gasteiger partial charge >= 0.3 is 6.03 Å².